The van der Waals surface area contributed by atoms with Gasteiger partial charge in [-0.1, -0.05) is 169 Å². The number of hydrogen-bond acceptors (Lipinski definition) is 9. The highest BCUT2D eigenvalue weighted by molar-refractivity contribution is 5.71. The number of unbranched alkanes of at least 4 members (excludes halogenated alkanes) is 12. The number of rotatable bonds is 38. The first-order chi connectivity index (χ1) is 29.4. The van der Waals surface area contributed by atoms with Gasteiger partial charge in [0, 0.05) is 6.61 Å². The molecular formula is C51H84O9. The lowest BCUT2D eigenvalue weighted by Gasteiger charge is -2.39. The topological polar surface area (TPSA) is 135 Å². The Bertz CT molecular complexity index is 1230. The fourth-order valence-corrected chi connectivity index (χ4v) is 6.40. The maximum absolute atomic E-state index is 12.7. The van der Waals surface area contributed by atoms with E-state index in [1.807, 2.05) is 6.08 Å². The number of aliphatic hydroxyl groups is 4. The van der Waals surface area contributed by atoms with Gasteiger partial charge in [-0.05, 0) is 77.0 Å². The second-order valence-corrected chi connectivity index (χ2v) is 15.5. The van der Waals surface area contributed by atoms with Gasteiger partial charge >= 0.3 is 5.97 Å². The number of hydrogen-bond donors (Lipinski definition) is 4. The summed E-state index contributed by atoms with van der Waals surface area (Å²) in [4.78, 5) is 12.7. The zero-order valence-electron chi connectivity index (χ0n) is 37.4. The van der Waals surface area contributed by atoms with E-state index in [4.69, 9.17) is 18.9 Å². The molecule has 0 aromatic carbocycles. The van der Waals surface area contributed by atoms with Gasteiger partial charge in [-0.25, -0.2) is 0 Å². The molecule has 6 atom stereocenters. The molecule has 0 spiro atoms. The lowest BCUT2D eigenvalue weighted by Crippen LogP contribution is -2.59. The summed E-state index contributed by atoms with van der Waals surface area (Å²) in [6, 6.07) is 0. The molecule has 4 N–H and O–H groups in total. The van der Waals surface area contributed by atoms with Crippen LogP contribution in [0.3, 0.4) is 0 Å². The average molecular weight is 841 g/mol. The van der Waals surface area contributed by atoms with Crippen molar-refractivity contribution in [3.63, 3.8) is 0 Å². The van der Waals surface area contributed by atoms with Crippen molar-refractivity contribution < 1.29 is 44.2 Å². The number of allylic oxidation sites excluding steroid dienone is 15. The molecule has 342 valence electrons. The number of carbonyl (C=O) groups excluding carboxylic acids is 1. The van der Waals surface area contributed by atoms with E-state index in [9.17, 15) is 25.2 Å². The standard InChI is InChI=1S/C51H84O9/c1-3-5-7-9-11-13-15-17-19-20-21-22-23-24-25-27-29-31-33-35-37-39-41-57-43-45(44-58-51-50(56)49(55)48(54)46(42-52)60-51)59-47(53)40-38-36-34-32-30-28-26-18-16-14-12-10-8-6-4-2/h6,8,12,14-15,17-18,20-21,23-24,26,30,32,36,38,45-46,48-52,54-56H,3-5,7,9-11,13,16,19,22,25,27-29,31,33-35,37,39-44H2,1-2H3/b8-6-,14-12-,17-15-,21-20-,24-23-,26-18-,32-30-,38-36-. The van der Waals surface area contributed by atoms with Crippen molar-refractivity contribution in [2.24, 2.45) is 0 Å². The fourth-order valence-electron chi connectivity index (χ4n) is 6.40. The van der Waals surface area contributed by atoms with Crippen LogP contribution in [-0.4, -0.2) is 89.6 Å². The summed E-state index contributed by atoms with van der Waals surface area (Å²) in [5.41, 5.74) is 0. The van der Waals surface area contributed by atoms with Crippen LogP contribution >= 0.6 is 0 Å². The molecular weight excluding hydrogens is 757 g/mol. The van der Waals surface area contributed by atoms with Gasteiger partial charge in [-0.15, -0.1) is 0 Å². The second kappa shape index (κ2) is 41.5. The molecule has 1 aliphatic heterocycles. The van der Waals surface area contributed by atoms with Crippen LogP contribution < -0.4 is 0 Å². The molecule has 1 aliphatic rings. The molecule has 0 radical (unpaired) electrons. The molecule has 0 aromatic heterocycles. The predicted molar refractivity (Wildman–Crippen MR) is 246 cm³/mol. The van der Waals surface area contributed by atoms with Crippen LogP contribution in [0.2, 0.25) is 0 Å². The first kappa shape index (κ1) is 55.1. The molecule has 0 bridgehead atoms. The van der Waals surface area contributed by atoms with Gasteiger partial charge in [0.25, 0.3) is 0 Å². The molecule has 0 amide bonds. The van der Waals surface area contributed by atoms with Gasteiger partial charge in [-0.3, -0.25) is 4.79 Å². The van der Waals surface area contributed by atoms with Crippen molar-refractivity contribution in [3.05, 3.63) is 97.2 Å². The molecule has 9 nitrogen and oxygen atoms in total. The van der Waals surface area contributed by atoms with E-state index in [-0.39, 0.29) is 19.6 Å². The highest BCUT2D eigenvalue weighted by Crippen LogP contribution is 2.22. The Hall–Kier alpha value is -2.89. The van der Waals surface area contributed by atoms with E-state index < -0.39 is 49.4 Å². The van der Waals surface area contributed by atoms with E-state index in [0.29, 0.717) is 13.0 Å². The summed E-state index contributed by atoms with van der Waals surface area (Å²) in [7, 11) is 0. The Kier molecular flexibility index (Phi) is 38.1. The summed E-state index contributed by atoms with van der Waals surface area (Å²) < 4.78 is 22.7. The zero-order chi connectivity index (χ0) is 43.6. The number of carbonyl (C=O) groups is 1. The summed E-state index contributed by atoms with van der Waals surface area (Å²) >= 11 is 0. The molecule has 0 aromatic rings. The maximum Gasteiger partial charge on any atom is 0.310 e. The summed E-state index contributed by atoms with van der Waals surface area (Å²) in [6.07, 6.45) is 50.3. The molecule has 60 heavy (non-hydrogen) atoms. The first-order valence-corrected chi connectivity index (χ1v) is 23.3. The van der Waals surface area contributed by atoms with E-state index in [2.05, 4.69) is 98.9 Å². The zero-order valence-corrected chi connectivity index (χ0v) is 37.4. The normalized spacial score (nSPS) is 20.9. The molecule has 1 fully saturated rings. The van der Waals surface area contributed by atoms with Crippen LogP contribution in [0.25, 0.3) is 0 Å². The Balaban J connectivity index is 2.31. The van der Waals surface area contributed by atoms with Gasteiger partial charge < -0.3 is 39.4 Å². The largest absolute Gasteiger partial charge is 0.457 e. The van der Waals surface area contributed by atoms with Crippen LogP contribution in [0.4, 0.5) is 0 Å². The molecule has 1 saturated heterocycles. The van der Waals surface area contributed by atoms with E-state index in [0.717, 1.165) is 64.2 Å². The van der Waals surface area contributed by atoms with Crippen molar-refractivity contribution in [1.29, 1.82) is 0 Å². The van der Waals surface area contributed by atoms with Gasteiger partial charge in [0.1, 0.15) is 30.5 Å². The van der Waals surface area contributed by atoms with Gasteiger partial charge in [-0.2, -0.15) is 0 Å². The van der Waals surface area contributed by atoms with Crippen molar-refractivity contribution in [3.8, 4) is 0 Å². The van der Waals surface area contributed by atoms with E-state index in [1.165, 1.54) is 64.2 Å². The van der Waals surface area contributed by atoms with Gasteiger partial charge in [0.05, 0.1) is 26.2 Å². The van der Waals surface area contributed by atoms with Crippen LogP contribution in [0.15, 0.2) is 97.2 Å². The molecule has 0 saturated carbocycles. The van der Waals surface area contributed by atoms with E-state index in [1.54, 1.807) is 6.08 Å². The van der Waals surface area contributed by atoms with Crippen molar-refractivity contribution >= 4 is 5.97 Å². The van der Waals surface area contributed by atoms with Crippen LogP contribution in [0.1, 0.15) is 155 Å². The third-order valence-corrected chi connectivity index (χ3v) is 10.0. The lowest BCUT2D eigenvalue weighted by atomic mass is 9.99. The Labute approximate surface area is 364 Å². The average Bonchev–Trinajstić information content (AvgIpc) is 3.25. The van der Waals surface area contributed by atoms with Crippen molar-refractivity contribution in [2.45, 2.75) is 192 Å². The lowest BCUT2D eigenvalue weighted by molar-refractivity contribution is -0.305. The minimum atomic E-state index is -1.56. The highest BCUT2D eigenvalue weighted by Gasteiger charge is 2.44. The monoisotopic (exact) mass is 841 g/mol. The molecule has 9 heteroatoms. The molecule has 1 heterocycles. The Morgan fingerprint density at radius 3 is 1.53 bits per heavy atom. The third-order valence-electron chi connectivity index (χ3n) is 10.0. The number of aliphatic hydroxyl groups excluding tert-OH is 4. The third kappa shape index (κ3) is 31.9. The van der Waals surface area contributed by atoms with Crippen LogP contribution in [-0.2, 0) is 23.7 Å². The second-order valence-electron chi connectivity index (χ2n) is 15.5. The minimum Gasteiger partial charge on any atom is -0.457 e. The van der Waals surface area contributed by atoms with E-state index >= 15 is 0 Å². The van der Waals surface area contributed by atoms with Crippen molar-refractivity contribution in [2.75, 3.05) is 26.4 Å². The predicted octanol–water partition coefficient (Wildman–Crippen LogP) is 10.8. The Morgan fingerprint density at radius 1 is 0.550 bits per heavy atom. The van der Waals surface area contributed by atoms with Crippen LogP contribution in [0, 0.1) is 0 Å². The summed E-state index contributed by atoms with van der Waals surface area (Å²) in [5.74, 6) is -0.447. The first-order valence-electron chi connectivity index (χ1n) is 23.3. The quantitative estimate of drug-likeness (QED) is 0.0272. The summed E-state index contributed by atoms with van der Waals surface area (Å²) in [6.45, 7) is 4.26. The number of esters is 1. The van der Waals surface area contributed by atoms with Crippen LogP contribution in [0.5, 0.6) is 0 Å². The smallest absolute Gasteiger partial charge is 0.310 e. The Morgan fingerprint density at radius 2 is 1.02 bits per heavy atom. The molecule has 1 rings (SSSR count). The molecule has 0 aliphatic carbocycles. The van der Waals surface area contributed by atoms with Crippen molar-refractivity contribution in [1.82, 2.24) is 0 Å². The minimum absolute atomic E-state index is 0.0785. The maximum atomic E-state index is 12.7. The number of ether oxygens (including phenoxy) is 4. The highest BCUT2D eigenvalue weighted by atomic mass is 16.7. The van der Waals surface area contributed by atoms with Gasteiger partial charge in [0.15, 0.2) is 6.29 Å². The SMILES string of the molecule is CC/C=C\C/C=C\C/C=C\C/C=C\C/C=C\CC(=O)OC(COCCCCCCCCC/C=C\C/C=C\C/C=C\CCCCCCC)COC1OC(CO)C(O)C(O)C1O. The fraction of sp³-hybridized carbons (Fsp3) is 0.667. The van der Waals surface area contributed by atoms with Gasteiger partial charge in [0.2, 0.25) is 0 Å². The molecule has 6 unspecified atom stereocenters. The summed E-state index contributed by atoms with van der Waals surface area (Å²) in [5, 5.41) is 40.1.